The largest absolute Gasteiger partial charge is 0.496 e. The van der Waals surface area contributed by atoms with E-state index in [-0.39, 0.29) is 5.92 Å². The van der Waals surface area contributed by atoms with Gasteiger partial charge in [0.1, 0.15) is 11.8 Å². The first kappa shape index (κ1) is 21.2. The second-order valence-corrected chi connectivity index (χ2v) is 5.64. The molecule has 0 aliphatic carbocycles. The number of para-hydroxylation sites is 1. The molecule has 1 aromatic rings. The monoisotopic (exact) mass is 363 g/mol. The molecule has 0 aliphatic heterocycles. The first-order chi connectivity index (χ1) is 12.4. The molecule has 0 radical (unpaired) electrons. The summed E-state index contributed by atoms with van der Waals surface area (Å²) in [5.41, 5.74) is 0.707. The van der Waals surface area contributed by atoms with Crippen LogP contribution in [0, 0.1) is 5.92 Å². The molecule has 1 amide bonds. The quantitative estimate of drug-likeness (QED) is 0.533. The van der Waals surface area contributed by atoms with Gasteiger partial charge in [0.15, 0.2) is 6.61 Å². The number of nitrogens with one attached hydrogen (secondary N) is 1. The van der Waals surface area contributed by atoms with Gasteiger partial charge in [-0.3, -0.25) is 4.79 Å². The molecular formula is C19H25NO6. The Morgan fingerprint density at radius 3 is 2.50 bits per heavy atom. The Morgan fingerprint density at radius 1 is 1.19 bits per heavy atom. The van der Waals surface area contributed by atoms with Crippen LogP contribution in [0.15, 0.2) is 30.3 Å². The molecule has 1 rings (SSSR count). The number of benzene rings is 1. The molecule has 1 N–H and O–H groups in total. The maximum Gasteiger partial charge on any atom is 0.331 e. The van der Waals surface area contributed by atoms with E-state index >= 15 is 0 Å². The zero-order valence-electron chi connectivity index (χ0n) is 15.5. The van der Waals surface area contributed by atoms with Crippen molar-refractivity contribution in [3.63, 3.8) is 0 Å². The van der Waals surface area contributed by atoms with Crippen LogP contribution < -0.4 is 10.1 Å². The molecule has 0 saturated heterocycles. The van der Waals surface area contributed by atoms with Crippen LogP contribution in [0.25, 0.3) is 6.08 Å². The lowest BCUT2D eigenvalue weighted by molar-refractivity contribution is -0.148. The zero-order valence-corrected chi connectivity index (χ0v) is 15.5. The van der Waals surface area contributed by atoms with Gasteiger partial charge in [-0.2, -0.15) is 0 Å². The van der Waals surface area contributed by atoms with Gasteiger partial charge in [0, 0.05) is 11.6 Å². The highest BCUT2D eigenvalue weighted by Gasteiger charge is 2.26. The van der Waals surface area contributed by atoms with Crippen molar-refractivity contribution >= 4 is 23.9 Å². The van der Waals surface area contributed by atoms with Gasteiger partial charge in [-0.25, -0.2) is 9.59 Å². The Hall–Kier alpha value is -2.83. The van der Waals surface area contributed by atoms with Gasteiger partial charge in [0.25, 0.3) is 5.91 Å². The number of amides is 1. The summed E-state index contributed by atoms with van der Waals surface area (Å²) < 4.78 is 14.8. The van der Waals surface area contributed by atoms with Crippen LogP contribution in [0.5, 0.6) is 5.75 Å². The minimum absolute atomic E-state index is 0.104. The lowest BCUT2D eigenvalue weighted by Crippen LogP contribution is -2.47. The fourth-order valence-electron chi connectivity index (χ4n) is 2.16. The van der Waals surface area contributed by atoms with Crippen molar-refractivity contribution in [3.8, 4) is 5.75 Å². The van der Waals surface area contributed by atoms with Crippen molar-refractivity contribution in [2.75, 3.05) is 20.8 Å². The van der Waals surface area contributed by atoms with Crippen molar-refractivity contribution in [3.05, 3.63) is 35.9 Å². The normalized spacial score (nSPS) is 12.9. The van der Waals surface area contributed by atoms with E-state index in [0.717, 1.165) is 0 Å². The van der Waals surface area contributed by atoms with Crippen LogP contribution in [0.4, 0.5) is 0 Å². The predicted octanol–water partition coefficient (Wildman–Crippen LogP) is 1.96. The topological polar surface area (TPSA) is 90.9 Å². The molecule has 0 heterocycles. The summed E-state index contributed by atoms with van der Waals surface area (Å²) in [6.45, 7) is 3.23. The Morgan fingerprint density at radius 2 is 1.88 bits per heavy atom. The van der Waals surface area contributed by atoms with E-state index in [1.165, 1.54) is 26.4 Å². The van der Waals surface area contributed by atoms with Crippen molar-refractivity contribution < 1.29 is 28.6 Å². The number of carbonyl (C=O) groups is 3. The number of carbonyl (C=O) groups excluding carboxylic acids is 3. The second-order valence-electron chi connectivity index (χ2n) is 5.64. The summed E-state index contributed by atoms with van der Waals surface area (Å²) >= 11 is 0. The van der Waals surface area contributed by atoms with E-state index in [1.54, 1.807) is 12.1 Å². The molecule has 26 heavy (non-hydrogen) atoms. The molecule has 7 nitrogen and oxygen atoms in total. The molecule has 7 heteroatoms. The molecule has 0 unspecified atom stereocenters. The summed E-state index contributed by atoms with van der Waals surface area (Å²) in [4.78, 5) is 35.4. The highest BCUT2D eigenvalue weighted by molar-refractivity contribution is 5.90. The summed E-state index contributed by atoms with van der Waals surface area (Å²) in [6, 6.07) is 6.39. The van der Waals surface area contributed by atoms with Crippen molar-refractivity contribution in [1.29, 1.82) is 0 Å². The minimum Gasteiger partial charge on any atom is -0.496 e. The maximum atomic E-state index is 11.9. The molecule has 0 fully saturated rings. The fraction of sp³-hybridized carbons (Fsp3) is 0.421. The molecule has 0 saturated carbocycles. The number of esters is 2. The standard InChI is InChI=1S/C19H25NO6/c1-5-13(2)18(19(23)25-4)20-16(21)12-26-17(22)11-10-14-8-6-7-9-15(14)24-3/h6-11,13,18H,5,12H2,1-4H3,(H,20,21)/b11-10+/t13-,18-/m0/s1. The molecule has 0 aromatic heterocycles. The molecule has 0 aliphatic rings. The SMILES string of the molecule is CC[C@H](C)[C@H](NC(=O)COC(=O)/C=C/c1ccccc1OC)C(=O)OC. The zero-order chi connectivity index (χ0) is 19.5. The number of hydrogen-bond donors (Lipinski definition) is 1. The average molecular weight is 363 g/mol. The summed E-state index contributed by atoms with van der Waals surface area (Å²) in [5, 5.41) is 2.53. The van der Waals surface area contributed by atoms with Gasteiger partial charge in [-0.15, -0.1) is 0 Å². The van der Waals surface area contributed by atoms with Gasteiger partial charge < -0.3 is 19.5 Å². The van der Waals surface area contributed by atoms with Gasteiger partial charge in [0.2, 0.25) is 0 Å². The Balaban J connectivity index is 2.56. The summed E-state index contributed by atoms with van der Waals surface area (Å²) in [7, 11) is 2.79. The first-order valence-electron chi connectivity index (χ1n) is 8.27. The van der Waals surface area contributed by atoms with Gasteiger partial charge >= 0.3 is 11.9 Å². The molecular weight excluding hydrogens is 338 g/mol. The second kappa shape index (κ2) is 10.9. The molecule has 142 valence electrons. The molecule has 1 aromatic carbocycles. The fourth-order valence-corrected chi connectivity index (χ4v) is 2.16. The van der Waals surface area contributed by atoms with E-state index < -0.39 is 30.5 Å². The van der Waals surface area contributed by atoms with E-state index in [9.17, 15) is 14.4 Å². The van der Waals surface area contributed by atoms with Crippen LogP contribution in [0.1, 0.15) is 25.8 Å². The highest BCUT2D eigenvalue weighted by Crippen LogP contribution is 2.18. The number of rotatable bonds is 9. The average Bonchev–Trinajstić information content (AvgIpc) is 2.67. The number of methoxy groups -OCH3 is 2. The third-order valence-electron chi connectivity index (χ3n) is 3.87. The maximum absolute atomic E-state index is 11.9. The first-order valence-corrected chi connectivity index (χ1v) is 8.27. The third kappa shape index (κ3) is 6.58. The summed E-state index contributed by atoms with van der Waals surface area (Å²) in [6.07, 6.45) is 3.43. The third-order valence-corrected chi connectivity index (χ3v) is 3.87. The molecule has 0 bridgehead atoms. The van der Waals surface area contributed by atoms with Crippen molar-refractivity contribution in [2.24, 2.45) is 5.92 Å². The lowest BCUT2D eigenvalue weighted by atomic mass is 9.99. The smallest absolute Gasteiger partial charge is 0.331 e. The van der Waals surface area contributed by atoms with Crippen LogP contribution in [0.2, 0.25) is 0 Å². The highest BCUT2D eigenvalue weighted by atomic mass is 16.5. The Labute approximate surface area is 153 Å². The van der Waals surface area contributed by atoms with Crippen LogP contribution in [0.3, 0.4) is 0 Å². The van der Waals surface area contributed by atoms with Crippen molar-refractivity contribution in [1.82, 2.24) is 5.32 Å². The number of hydrogen-bond acceptors (Lipinski definition) is 6. The number of ether oxygens (including phenoxy) is 3. The van der Waals surface area contributed by atoms with E-state index in [0.29, 0.717) is 17.7 Å². The van der Waals surface area contributed by atoms with Crippen LogP contribution >= 0.6 is 0 Å². The van der Waals surface area contributed by atoms with Gasteiger partial charge in [-0.05, 0) is 18.1 Å². The predicted molar refractivity (Wildman–Crippen MR) is 96.4 cm³/mol. The van der Waals surface area contributed by atoms with E-state index in [4.69, 9.17) is 9.47 Å². The Kier molecular flexibility index (Phi) is 8.91. The van der Waals surface area contributed by atoms with E-state index in [1.807, 2.05) is 26.0 Å². The lowest BCUT2D eigenvalue weighted by Gasteiger charge is -2.21. The van der Waals surface area contributed by atoms with Gasteiger partial charge in [-0.1, -0.05) is 38.5 Å². The molecule has 0 spiro atoms. The molecule has 2 atom stereocenters. The van der Waals surface area contributed by atoms with Crippen LogP contribution in [-0.4, -0.2) is 44.7 Å². The van der Waals surface area contributed by atoms with Gasteiger partial charge in [0.05, 0.1) is 14.2 Å². The Bertz CT molecular complexity index is 655. The minimum atomic E-state index is -0.777. The summed E-state index contributed by atoms with van der Waals surface area (Å²) in [5.74, 6) is -1.27. The van der Waals surface area contributed by atoms with E-state index in [2.05, 4.69) is 10.1 Å². The van der Waals surface area contributed by atoms with Crippen molar-refractivity contribution in [2.45, 2.75) is 26.3 Å². The van der Waals surface area contributed by atoms with Crippen LogP contribution in [-0.2, 0) is 23.9 Å².